The average molecular weight is 367 g/mol. The Balaban J connectivity index is -0.000000241. The SMILES string of the molecule is O=C([O-])CC[C@@H](C(=O)[O-])N(CC(=O)[O-])CC(=O)[O-].[K+].[Na+].[Na+].[Na+]. The van der Waals surface area contributed by atoms with Crippen molar-refractivity contribution in [3.63, 3.8) is 0 Å². The zero-order valence-electron chi connectivity index (χ0n) is 13.1. The zero-order valence-corrected chi connectivity index (χ0v) is 22.2. The van der Waals surface area contributed by atoms with Crippen LogP contribution in [0.4, 0.5) is 0 Å². The van der Waals surface area contributed by atoms with Crippen molar-refractivity contribution in [2.45, 2.75) is 18.9 Å². The zero-order chi connectivity index (χ0) is 14.3. The van der Waals surface area contributed by atoms with Crippen LogP contribution in [0.25, 0.3) is 0 Å². The van der Waals surface area contributed by atoms with E-state index in [9.17, 15) is 39.6 Å². The Kier molecular flexibility index (Phi) is 32.0. The molecule has 0 bridgehead atoms. The van der Waals surface area contributed by atoms with Crippen LogP contribution >= 0.6 is 0 Å². The van der Waals surface area contributed by atoms with E-state index < -0.39 is 55.9 Å². The maximum Gasteiger partial charge on any atom is 1.00 e. The first-order chi connectivity index (χ1) is 8.23. The Hall–Kier alpha value is 2.48. The van der Waals surface area contributed by atoms with Crippen molar-refractivity contribution >= 4 is 23.9 Å². The normalized spacial score (nSPS) is 9.86. The fourth-order valence-electron chi connectivity index (χ4n) is 1.31. The second-order valence-electron chi connectivity index (χ2n) is 3.39. The minimum atomic E-state index is -1.79. The van der Waals surface area contributed by atoms with Crippen molar-refractivity contribution in [3.05, 3.63) is 0 Å². The summed E-state index contributed by atoms with van der Waals surface area (Å²) in [5.74, 6) is -6.77. The van der Waals surface area contributed by atoms with Crippen LogP contribution in [0, 0.1) is 0 Å². The third-order valence-corrected chi connectivity index (χ3v) is 2.00. The van der Waals surface area contributed by atoms with Gasteiger partial charge in [-0.15, -0.1) is 0 Å². The molecule has 102 valence electrons. The van der Waals surface area contributed by atoms with Crippen molar-refractivity contribution in [1.82, 2.24) is 4.90 Å². The molecule has 9 nitrogen and oxygen atoms in total. The number of carbonyl (C=O) groups is 4. The number of carboxylic acid groups (broad SMARTS) is 4. The van der Waals surface area contributed by atoms with Crippen molar-refractivity contribution in [1.29, 1.82) is 0 Å². The van der Waals surface area contributed by atoms with E-state index in [1.807, 2.05) is 0 Å². The fourth-order valence-corrected chi connectivity index (χ4v) is 1.31. The summed E-state index contributed by atoms with van der Waals surface area (Å²) in [6, 6.07) is -1.70. The summed E-state index contributed by atoms with van der Waals surface area (Å²) in [4.78, 5) is 42.1. The summed E-state index contributed by atoms with van der Waals surface area (Å²) in [5.41, 5.74) is 0. The molecule has 0 aromatic rings. The molecule has 0 aliphatic heterocycles. The van der Waals surface area contributed by atoms with E-state index in [0.29, 0.717) is 4.90 Å². The molecule has 0 aromatic heterocycles. The van der Waals surface area contributed by atoms with Crippen LogP contribution in [0.1, 0.15) is 12.8 Å². The van der Waals surface area contributed by atoms with Gasteiger partial charge in [0.25, 0.3) is 0 Å². The molecule has 22 heavy (non-hydrogen) atoms. The van der Waals surface area contributed by atoms with E-state index in [1.54, 1.807) is 0 Å². The van der Waals surface area contributed by atoms with Crippen LogP contribution in [0.2, 0.25) is 0 Å². The average Bonchev–Trinajstić information content (AvgIpc) is 2.14. The standard InChI is InChI=1S/C9H13NO8.K.3Na/c11-6(12)2-1-5(9(17)18)10(3-7(13)14)4-8(15)16;;;;/h5H,1-4H2,(H,11,12)(H,13,14)(H,15,16)(H,17,18);;;;/q;4*+1/p-4/t5-;;;;/m0..../s1. The quantitative estimate of drug-likeness (QED) is 0.360. The predicted octanol–water partition coefficient (Wildman–Crippen LogP) is -18.5. The molecular formula is C9H9KNNa3O8. The van der Waals surface area contributed by atoms with Crippen LogP contribution in [-0.4, -0.2) is 47.9 Å². The van der Waals surface area contributed by atoms with Gasteiger partial charge >= 0.3 is 140 Å². The number of hydrogen-bond donors (Lipinski definition) is 0. The Morgan fingerprint density at radius 3 is 1.36 bits per heavy atom. The van der Waals surface area contributed by atoms with Crippen molar-refractivity contribution in [2.75, 3.05) is 13.1 Å². The molecule has 1 atom stereocenters. The molecular weight excluding hydrogens is 358 g/mol. The van der Waals surface area contributed by atoms with Crippen molar-refractivity contribution < 1.29 is 180 Å². The number of aliphatic carboxylic acids is 4. The number of nitrogens with zero attached hydrogens (tertiary/aromatic N) is 1. The van der Waals surface area contributed by atoms with Gasteiger partial charge in [-0.05, 0) is 12.8 Å². The van der Waals surface area contributed by atoms with Gasteiger partial charge in [0.05, 0.1) is 23.9 Å². The largest absolute Gasteiger partial charge is 1.00 e. The third kappa shape index (κ3) is 18.8. The molecule has 0 saturated carbocycles. The Morgan fingerprint density at radius 2 is 1.14 bits per heavy atom. The Labute approximate surface area is 235 Å². The minimum Gasteiger partial charge on any atom is -0.550 e. The van der Waals surface area contributed by atoms with Gasteiger partial charge in [0.2, 0.25) is 0 Å². The number of hydrogen-bond acceptors (Lipinski definition) is 9. The van der Waals surface area contributed by atoms with Gasteiger partial charge in [0.15, 0.2) is 0 Å². The smallest absolute Gasteiger partial charge is 0.550 e. The molecule has 0 fully saturated rings. The first-order valence-corrected chi connectivity index (χ1v) is 4.78. The third-order valence-electron chi connectivity index (χ3n) is 2.00. The van der Waals surface area contributed by atoms with E-state index in [2.05, 4.69) is 0 Å². The second-order valence-corrected chi connectivity index (χ2v) is 3.39. The molecule has 0 N–H and O–H groups in total. The van der Waals surface area contributed by atoms with Gasteiger partial charge in [-0.1, -0.05) is 0 Å². The summed E-state index contributed by atoms with van der Waals surface area (Å²) >= 11 is 0. The summed E-state index contributed by atoms with van der Waals surface area (Å²) in [6.07, 6.45) is -1.24. The number of carboxylic acids is 4. The molecule has 0 unspecified atom stereocenters. The van der Waals surface area contributed by atoms with Gasteiger partial charge in [0.1, 0.15) is 0 Å². The van der Waals surface area contributed by atoms with Crippen molar-refractivity contribution in [3.8, 4) is 0 Å². The van der Waals surface area contributed by atoms with E-state index in [0.717, 1.165) is 0 Å². The Bertz CT molecular complexity index is 355. The molecule has 0 aliphatic rings. The van der Waals surface area contributed by atoms with E-state index in [4.69, 9.17) is 0 Å². The molecule has 13 heteroatoms. The van der Waals surface area contributed by atoms with Crippen LogP contribution < -0.4 is 160 Å². The maximum absolute atomic E-state index is 10.7. The summed E-state index contributed by atoms with van der Waals surface area (Å²) in [5, 5.41) is 41.6. The first-order valence-electron chi connectivity index (χ1n) is 4.78. The Morgan fingerprint density at radius 1 is 0.773 bits per heavy atom. The molecule has 0 rings (SSSR count). The van der Waals surface area contributed by atoms with Gasteiger partial charge < -0.3 is 39.6 Å². The predicted molar refractivity (Wildman–Crippen MR) is 44.6 cm³/mol. The number of carbonyl (C=O) groups excluding carboxylic acids is 4. The number of rotatable bonds is 9. The molecule has 0 spiro atoms. The first kappa shape index (κ1) is 35.6. The van der Waals surface area contributed by atoms with Crippen LogP contribution in [0.5, 0.6) is 0 Å². The van der Waals surface area contributed by atoms with Crippen molar-refractivity contribution in [2.24, 2.45) is 0 Å². The summed E-state index contributed by atoms with van der Waals surface area (Å²) in [6.45, 7) is -2.00. The van der Waals surface area contributed by atoms with E-state index in [1.165, 1.54) is 0 Å². The van der Waals surface area contributed by atoms with Crippen LogP contribution in [0.3, 0.4) is 0 Å². The van der Waals surface area contributed by atoms with Gasteiger partial charge in [-0.2, -0.15) is 0 Å². The minimum absolute atomic E-state index is 0. The van der Waals surface area contributed by atoms with E-state index >= 15 is 0 Å². The molecule has 0 amide bonds. The monoisotopic (exact) mass is 367 g/mol. The van der Waals surface area contributed by atoms with Gasteiger partial charge in [-0.25, -0.2) is 0 Å². The van der Waals surface area contributed by atoms with Crippen LogP contribution in [0.15, 0.2) is 0 Å². The summed E-state index contributed by atoms with van der Waals surface area (Å²) < 4.78 is 0. The molecule has 0 saturated heterocycles. The topological polar surface area (TPSA) is 164 Å². The molecule has 0 aliphatic carbocycles. The van der Waals surface area contributed by atoms with Gasteiger partial charge in [-0.3, -0.25) is 4.90 Å². The maximum atomic E-state index is 10.7. The second kappa shape index (κ2) is 19.8. The van der Waals surface area contributed by atoms with Gasteiger partial charge in [0, 0.05) is 19.1 Å². The fraction of sp³-hybridized carbons (Fsp3) is 0.556. The molecule has 0 radical (unpaired) electrons. The van der Waals surface area contributed by atoms with E-state index in [-0.39, 0.29) is 140 Å². The van der Waals surface area contributed by atoms with Crippen LogP contribution in [-0.2, 0) is 19.2 Å². The summed E-state index contributed by atoms with van der Waals surface area (Å²) in [7, 11) is 0. The molecule has 0 aromatic carbocycles. The molecule has 0 heterocycles.